The van der Waals surface area contributed by atoms with Crippen molar-refractivity contribution in [2.45, 2.75) is 43.4 Å². The van der Waals surface area contributed by atoms with E-state index in [1.165, 1.54) is 30.4 Å². The number of aromatic carboxylic acids is 2. The van der Waals surface area contributed by atoms with Crippen LogP contribution in [-0.2, 0) is 5.41 Å². The zero-order chi connectivity index (χ0) is 28.8. The highest BCUT2D eigenvalue weighted by atomic mass is 16.4. The third kappa shape index (κ3) is 4.60. The average Bonchev–Trinajstić information content (AvgIpc) is 3.00. The van der Waals surface area contributed by atoms with Crippen LogP contribution in [0.1, 0.15) is 81.0 Å². The van der Waals surface area contributed by atoms with Crippen molar-refractivity contribution in [2.75, 3.05) is 0 Å². The topological polar surface area (TPSA) is 74.6 Å². The number of carboxylic acids is 2. The van der Waals surface area contributed by atoms with Gasteiger partial charge in [0.15, 0.2) is 0 Å². The second-order valence-corrected chi connectivity index (χ2v) is 12.4. The van der Waals surface area contributed by atoms with Crippen molar-refractivity contribution in [1.82, 2.24) is 0 Å². The minimum absolute atomic E-state index is 0.0204. The molecule has 2 N–H and O–H groups in total. The van der Waals surface area contributed by atoms with E-state index >= 15 is 0 Å². The van der Waals surface area contributed by atoms with E-state index in [0.29, 0.717) is 17.4 Å². The number of hydrogen-bond acceptors (Lipinski definition) is 2. The molecule has 4 bridgehead atoms. The third-order valence-corrected chi connectivity index (χ3v) is 9.98. The van der Waals surface area contributed by atoms with Crippen LogP contribution in [-0.4, -0.2) is 22.2 Å². The Labute approximate surface area is 246 Å². The Morgan fingerprint density at radius 1 is 0.690 bits per heavy atom. The van der Waals surface area contributed by atoms with Crippen molar-refractivity contribution in [3.8, 4) is 23.0 Å². The summed E-state index contributed by atoms with van der Waals surface area (Å²) in [6.45, 7) is 0. The van der Waals surface area contributed by atoms with Gasteiger partial charge in [0, 0.05) is 16.5 Å². The van der Waals surface area contributed by atoms with Crippen LogP contribution in [0.2, 0.25) is 0 Å². The normalized spacial score (nSPS) is 25.4. The van der Waals surface area contributed by atoms with E-state index in [1.54, 1.807) is 24.3 Å². The maximum atomic E-state index is 11.6. The zero-order valence-corrected chi connectivity index (χ0v) is 23.3. The minimum Gasteiger partial charge on any atom is -0.478 e. The van der Waals surface area contributed by atoms with Gasteiger partial charge in [-0.3, -0.25) is 0 Å². The van der Waals surface area contributed by atoms with E-state index in [0.717, 1.165) is 46.9 Å². The van der Waals surface area contributed by atoms with Crippen LogP contribution in [0.15, 0.2) is 97.1 Å². The fourth-order valence-electron chi connectivity index (χ4n) is 8.55. The highest BCUT2D eigenvalue weighted by Crippen LogP contribution is 2.66. The Balaban J connectivity index is 1.35. The van der Waals surface area contributed by atoms with Gasteiger partial charge in [-0.05, 0) is 127 Å². The summed E-state index contributed by atoms with van der Waals surface area (Å²) in [5.74, 6) is 7.22. The van der Waals surface area contributed by atoms with Crippen molar-refractivity contribution in [2.24, 2.45) is 17.8 Å². The average molecular weight is 553 g/mol. The lowest BCUT2D eigenvalue weighted by Gasteiger charge is -2.62. The molecule has 4 aromatic carbocycles. The molecule has 4 aliphatic carbocycles. The Morgan fingerprint density at radius 3 is 1.93 bits per heavy atom. The van der Waals surface area contributed by atoms with Gasteiger partial charge >= 0.3 is 11.9 Å². The number of carboxylic acid groups (broad SMARTS) is 2. The lowest BCUT2D eigenvalue weighted by Crippen LogP contribution is -2.53. The fraction of sp³-hybridized carbons (Fsp3) is 0.263. The molecule has 0 radical (unpaired) electrons. The smallest absolute Gasteiger partial charge is 0.335 e. The van der Waals surface area contributed by atoms with E-state index in [9.17, 15) is 19.8 Å². The van der Waals surface area contributed by atoms with Crippen molar-refractivity contribution in [3.63, 3.8) is 0 Å². The number of hydrogen-bond donors (Lipinski definition) is 2. The quantitative estimate of drug-likeness (QED) is 0.246. The van der Waals surface area contributed by atoms with Gasteiger partial charge in [-0.2, -0.15) is 0 Å². The number of carbonyl (C=O) groups is 2. The SMILES string of the molecule is O=C(O)c1ccc(-c2cc(C3C4CC5CC(C4)CC3(c3ccc(C(=O)O)cc3)C5)ccc2C#Cc2ccccc2)cc1. The van der Waals surface area contributed by atoms with Gasteiger partial charge in [-0.15, -0.1) is 0 Å². The first-order valence-electron chi connectivity index (χ1n) is 14.8. The third-order valence-electron chi connectivity index (χ3n) is 9.98. The molecule has 4 fully saturated rings. The van der Waals surface area contributed by atoms with Crippen LogP contribution in [0.25, 0.3) is 11.1 Å². The van der Waals surface area contributed by atoms with Gasteiger partial charge in [0.2, 0.25) is 0 Å². The molecular weight excluding hydrogens is 520 g/mol. The summed E-state index contributed by atoms with van der Waals surface area (Å²) >= 11 is 0. The summed E-state index contributed by atoms with van der Waals surface area (Å²) in [6, 6.07) is 31.4. The number of benzene rings is 4. The largest absolute Gasteiger partial charge is 0.478 e. The molecule has 3 unspecified atom stereocenters. The van der Waals surface area contributed by atoms with Crippen LogP contribution >= 0.6 is 0 Å². The fourth-order valence-corrected chi connectivity index (χ4v) is 8.55. The molecule has 42 heavy (non-hydrogen) atoms. The molecule has 3 atom stereocenters. The molecule has 0 saturated heterocycles. The molecule has 4 nitrogen and oxygen atoms in total. The van der Waals surface area contributed by atoms with Crippen LogP contribution in [0.4, 0.5) is 0 Å². The Bertz CT molecular complexity index is 1710. The Morgan fingerprint density at radius 2 is 1.31 bits per heavy atom. The van der Waals surface area contributed by atoms with Crippen LogP contribution in [0, 0.1) is 29.6 Å². The van der Waals surface area contributed by atoms with Crippen molar-refractivity contribution in [3.05, 3.63) is 130 Å². The molecule has 4 aliphatic rings. The van der Waals surface area contributed by atoms with Crippen LogP contribution < -0.4 is 0 Å². The van der Waals surface area contributed by atoms with Gasteiger partial charge in [-0.25, -0.2) is 9.59 Å². The summed E-state index contributed by atoms with van der Waals surface area (Å²) in [7, 11) is 0. The van der Waals surface area contributed by atoms with E-state index in [4.69, 9.17) is 0 Å². The molecule has 0 aromatic heterocycles. The van der Waals surface area contributed by atoms with Gasteiger partial charge in [0.05, 0.1) is 11.1 Å². The Kier molecular flexibility index (Phi) is 6.47. The molecule has 0 amide bonds. The maximum absolute atomic E-state index is 11.6. The predicted molar refractivity (Wildman–Crippen MR) is 163 cm³/mol. The van der Waals surface area contributed by atoms with Crippen molar-refractivity contribution < 1.29 is 19.8 Å². The van der Waals surface area contributed by atoms with E-state index in [1.807, 2.05) is 42.5 Å². The first-order valence-corrected chi connectivity index (χ1v) is 14.8. The molecule has 4 saturated carbocycles. The van der Waals surface area contributed by atoms with Gasteiger partial charge in [-0.1, -0.05) is 60.4 Å². The summed E-state index contributed by atoms with van der Waals surface area (Å²) in [5.41, 5.74) is 6.94. The maximum Gasteiger partial charge on any atom is 0.335 e. The van der Waals surface area contributed by atoms with E-state index in [2.05, 4.69) is 42.2 Å². The monoisotopic (exact) mass is 552 g/mol. The first kappa shape index (κ1) is 26.3. The van der Waals surface area contributed by atoms with Gasteiger partial charge in [0.1, 0.15) is 0 Å². The molecular formula is C38H32O4. The molecule has 0 heterocycles. The lowest BCUT2D eigenvalue weighted by atomic mass is 9.42. The molecule has 208 valence electrons. The summed E-state index contributed by atoms with van der Waals surface area (Å²) in [4.78, 5) is 23.2. The van der Waals surface area contributed by atoms with Gasteiger partial charge in [0.25, 0.3) is 0 Å². The van der Waals surface area contributed by atoms with E-state index in [-0.39, 0.29) is 11.0 Å². The summed E-state index contributed by atoms with van der Waals surface area (Å²) in [5, 5.41) is 19.0. The van der Waals surface area contributed by atoms with E-state index < -0.39 is 11.9 Å². The molecule has 4 aromatic rings. The second-order valence-electron chi connectivity index (χ2n) is 12.4. The standard InChI is InChI=1S/C38H32O4/c39-36(40)29-11-8-28(9-12-29)34-21-31(13-10-27(34)7-6-24-4-2-1-3-5-24)35-32-19-25-18-26(20-32)23-38(35,22-25)33-16-14-30(15-17-33)37(41)42/h1-5,8-17,21,25-26,32,35H,18-20,22-23H2,(H,39,40)(H,41,42). The molecule has 0 spiro atoms. The predicted octanol–water partition coefficient (Wildman–Crippen LogP) is 8.01. The highest BCUT2D eigenvalue weighted by Gasteiger charge is 2.58. The van der Waals surface area contributed by atoms with Crippen molar-refractivity contribution in [1.29, 1.82) is 0 Å². The zero-order valence-electron chi connectivity index (χ0n) is 23.3. The number of rotatable bonds is 5. The first-order chi connectivity index (χ1) is 20.4. The highest BCUT2D eigenvalue weighted by molar-refractivity contribution is 5.89. The molecule has 0 aliphatic heterocycles. The summed E-state index contributed by atoms with van der Waals surface area (Å²) < 4.78 is 0. The van der Waals surface area contributed by atoms with Gasteiger partial charge < -0.3 is 10.2 Å². The van der Waals surface area contributed by atoms with Crippen molar-refractivity contribution >= 4 is 11.9 Å². The summed E-state index contributed by atoms with van der Waals surface area (Å²) in [6.07, 6.45) is 6.07. The molecule has 4 heteroatoms. The Hall–Kier alpha value is -4.62. The van der Waals surface area contributed by atoms with Crippen LogP contribution in [0.5, 0.6) is 0 Å². The minimum atomic E-state index is -0.941. The molecule has 8 rings (SSSR count). The lowest BCUT2D eigenvalue weighted by molar-refractivity contribution is -0.0280. The van der Waals surface area contributed by atoms with Crippen LogP contribution in [0.3, 0.4) is 0 Å². The second kappa shape index (κ2) is 10.3.